The van der Waals surface area contributed by atoms with Crippen molar-refractivity contribution in [2.45, 2.75) is 37.6 Å². The van der Waals surface area contributed by atoms with Crippen molar-refractivity contribution < 1.29 is 9.32 Å². The second-order valence-electron chi connectivity index (χ2n) is 6.29. The van der Waals surface area contributed by atoms with E-state index in [1.807, 2.05) is 30.9 Å². The smallest absolute Gasteiger partial charge is 0.256 e. The molecule has 0 atom stereocenters. The molecule has 3 aromatic rings. The van der Waals surface area contributed by atoms with Crippen LogP contribution in [0.25, 0.3) is 0 Å². The number of carbonyl (C=O) groups is 1. The third kappa shape index (κ3) is 3.29. The van der Waals surface area contributed by atoms with E-state index in [2.05, 4.69) is 21.6 Å². The first-order chi connectivity index (χ1) is 12.6. The highest BCUT2D eigenvalue weighted by atomic mass is 32.2. The third-order valence-electron chi connectivity index (χ3n) is 4.63. The van der Waals surface area contributed by atoms with Crippen LogP contribution in [0.1, 0.15) is 37.8 Å². The van der Waals surface area contributed by atoms with E-state index in [4.69, 9.17) is 4.52 Å². The maximum Gasteiger partial charge on any atom is 0.256 e. The van der Waals surface area contributed by atoms with E-state index in [0.717, 1.165) is 35.0 Å². The lowest BCUT2D eigenvalue weighted by Crippen LogP contribution is -2.35. The summed E-state index contributed by atoms with van der Waals surface area (Å²) in [7, 11) is 0. The molecule has 134 valence electrons. The van der Waals surface area contributed by atoms with E-state index in [1.165, 1.54) is 10.4 Å². The van der Waals surface area contributed by atoms with E-state index in [9.17, 15) is 4.79 Å². The summed E-state index contributed by atoms with van der Waals surface area (Å²) in [6.07, 6.45) is 2.67. The van der Waals surface area contributed by atoms with Crippen molar-refractivity contribution in [2.75, 3.05) is 6.54 Å². The van der Waals surface area contributed by atoms with Crippen LogP contribution in [0.2, 0.25) is 0 Å². The molecule has 1 aliphatic rings. The number of thiophene rings is 1. The van der Waals surface area contributed by atoms with Crippen LogP contribution in [-0.2, 0) is 18.7 Å². The fraction of sp³-hybridized carbons (Fsp3) is 0.316. The SMILES string of the molecule is Cc1noc(C)c1CSc1ncccc1C(=O)N1CCc2sccc2C1. The Morgan fingerprint density at radius 1 is 1.38 bits per heavy atom. The highest BCUT2D eigenvalue weighted by molar-refractivity contribution is 7.98. The van der Waals surface area contributed by atoms with Crippen molar-refractivity contribution in [2.24, 2.45) is 0 Å². The monoisotopic (exact) mass is 385 g/mol. The Balaban J connectivity index is 1.53. The summed E-state index contributed by atoms with van der Waals surface area (Å²) in [6, 6.07) is 5.82. The molecule has 0 bridgehead atoms. The van der Waals surface area contributed by atoms with Gasteiger partial charge in [0.2, 0.25) is 0 Å². The van der Waals surface area contributed by atoms with E-state index in [-0.39, 0.29) is 5.91 Å². The largest absolute Gasteiger partial charge is 0.361 e. The third-order valence-corrected chi connectivity index (χ3v) is 6.69. The number of hydrogen-bond acceptors (Lipinski definition) is 6. The first-order valence-corrected chi connectivity index (χ1v) is 10.3. The molecule has 7 heteroatoms. The van der Waals surface area contributed by atoms with Crippen molar-refractivity contribution in [1.29, 1.82) is 0 Å². The van der Waals surface area contributed by atoms with Crippen LogP contribution in [0, 0.1) is 13.8 Å². The molecule has 0 spiro atoms. The molecule has 5 nitrogen and oxygen atoms in total. The van der Waals surface area contributed by atoms with Gasteiger partial charge in [-0.05, 0) is 49.4 Å². The molecule has 0 radical (unpaired) electrons. The van der Waals surface area contributed by atoms with Gasteiger partial charge >= 0.3 is 0 Å². The van der Waals surface area contributed by atoms with Gasteiger partial charge in [-0.25, -0.2) is 4.98 Å². The Kier molecular flexibility index (Phi) is 4.82. The predicted molar refractivity (Wildman–Crippen MR) is 103 cm³/mol. The normalized spacial score (nSPS) is 13.7. The molecule has 0 aliphatic carbocycles. The lowest BCUT2D eigenvalue weighted by atomic mass is 10.1. The van der Waals surface area contributed by atoms with Gasteiger partial charge in [0.25, 0.3) is 5.91 Å². The Hall–Kier alpha value is -2.12. The molecule has 26 heavy (non-hydrogen) atoms. The lowest BCUT2D eigenvalue weighted by Gasteiger charge is -2.27. The molecule has 3 aromatic heterocycles. The van der Waals surface area contributed by atoms with Gasteiger partial charge in [0, 0.05) is 35.5 Å². The minimum absolute atomic E-state index is 0.0520. The van der Waals surface area contributed by atoms with Crippen LogP contribution < -0.4 is 0 Å². The van der Waals surface area contributed by atoms with Gasteiger partial charge in [0.15, 0.2) is 0 Å². The topological polar surface area (TPSA) is 59.2 Å². The molecule has 4 heterocycles. The van der Waals surface area contributed by atoms with Crippen molar-refractivity contribution in [3.05, 3.63) is 62.8 Å². The van der Waals surface area contributed by atoms with Crippen LogP contribution >= 0.6 is 23.1 Å². The van der Waals surface area contributed by atoms with Crippen LogP contribution in [0.3, 0.4) is 0 Å². The average Bonchev–Trinajstić information content (AvgIpc) is 3.25. The molecule has 4 rings (SSSR count). The summed E-state index contributed by atoms with van der Waals surface area (Å²) in [6.45, 7) is 5.28. The quantitative estimate of drug-likeness (QED) is 0.629. The van der Waals surface area contributed by atoms with Crippen LogP contribution in [0.5, 0.6) is 0 Å². The molecule has 1 aliphatic heterocycles. The van der Waals surface area contributed by atoms with Gasteiger partial charge in [0.05, 0.1) is 11.3 Å². The number of amides is 1. The number of aromatic nitrogens is 2. The summed E-state index contributed by atoms with van der Waals surface area (Å²) in [5, 5.41) is 6.86. The number of nitrogens with zero attached hydrogens (tertiary/aromatic N) is 3. The molecule has 0 unspecified atom stereocenters. The molecule has 0 N–H and O–H groups in total. The van der Waals surface area contributed by atoms with Gasteiger partial charge in [-0.15, -0.1) is 23.1 Å². The second kappa shape index (κ2) is 7.25. The minimum atomic E-state index is 0.0520. The molecule has 1 amide bonds. The number of aryl methyl sites for hydroxylation is 2. The average molecular weight is 386 g/mol. The zero-order valence-electron chi connectivity index (χ0n) is 14.7. The Morgan fingerprint density at radius 3 is 3.08 bits per heavy atom. The van der Waals surface area contributed by atoms with Gasteiger partial charge in [-0.1, -0.05) is 5.16 Å². The highest BCUT2D eigenvalue weighted by Crippen LogP contribution is 2.30. The van der Waals surface area contributed by atoms with Gasteiger partial charge in [-0.2, -0.15) is 0 Å². The van der Waals surface area contributed by atoms with Crippen LogP contribution in [-0.4, -0.2) is 27.5 Å². The summed E-state index contributed by atoms with van der Waals surface area (Å²) < 4.78 is 5.22. The first kappa shape index (κ1) is 17.3. The van der Waals surface area contributed by atoms with Crippen LogP contribution in [0.4, 0.5) is 0 Å². The minimum Gasteiger partial charge on any atom is -0.361 e. The number of fused-ring (bicyclic) bond motifs is 1. The first-order valence-electron chi connectivity index (χ1n) is 8.47. The van der Waals surface area contributed by atoms with E-state index < -0.39 is 0 Å². The van der Waals surface area contributed by atoms with Gasteiger partial charge < -0.3 is 9.42 Å². The standard InChI is InChI=1S/C19H19N3O2S2/c1-12-16(13(2)24-21-12)11-26-18-15(4-3-7-20-18)19(23)22-8-5-17-14(10-22)6-9-25-17/h3-4,6-7,9H,5,8,10-11H2,1-2H3. The maximum absolute atomic E-state index is 13.1. The van der Waals surface area contributed by atoms with Crippen molar-refractivity contribution >= 4 is 29.0 Å². The fourth-order valence-corrected chi connectivity index (χ4v) is 5.14. The number of pyridine rings is 1. The summed E-state index contributed by atoms with van der Waals surface area (Å²) >= 11 is 3.33. The zero-order chi connectivity index (χ0) is 18.1. The Labute approximate surface area is 160 Å². The van der Waals surface area contributed by atoms with Gasteiger partial charge in [0.1, 0.15) is 10.8 Å². The van der Waals surface area contributed by atoms with E-state index in [0.29, 0.717) is 17.9 Å². The number of rotatable bonds is 4. The molecular weight excluding hydrogens is 366 g/mol. The Morgan fingerprint density at radius 2 is 2.27 bits per heavy atom. The number of hydrogen-bond donors (Lipinski definition) is 0. The summed E-state index contributed by atoms with van der Waals surface area (Å²) in [5.41, 5.74) is 3.89. The fourth-order valence-electron chi connectivity index (χ4n) is 3.11. The van der Waals surface area contributed by atoms with Gasteiger partial charge in [-0.3, -0.25) is 4.79 Å². The van der Waals surface area contributed by atoms with E-state index in [1.54, 1.807) is 29.3 Å². The molecule has 0 saturated heterocycles. The summed E-state index contributed by atoms with van der Waals surface area (Å²) in [4.78, 5) is 20.9. The number of thioether (sulfide) groups is 1. The lowest BCUT2D eigenvalue weighted by molar-refractivity contribution is 0.0731. The molecular formula is C19H19N3O2S2. The molecule has 0 fully saturated rings. The van der Waals surface area contributed by atoms with Crippen molar-refractivity contribution in [3.63, 3.8) is 0 Å². The zero-order valence-corrected chi connectivity index (χ0v) is 16.3. The Bertz CT molecular complexity index is 928. The van der Waals surface area contributed by atoms with Crippen LogP contribution in [0.15, 0.2) is 39.3 Å². The maximum atomic E-state index is 13.1. The van der Waals surface area contributed by atoms with E-state index >= 15 is 0 Å². The highest BCUT2D eigenvalue weighted by Gasteiger charge is 2.25. The predicted octanol–water partition coefficient (Wildman–Crippen LogP) is 4.24. The summed E-state index contributed by atoms with van der Waals surface area (Å²) in [5.74, 6) is 1.56. The van der Waals surface area contributed by atoms with Crippen molar-refractivity contribution in [3.8, 4) is 0 Å². The molecule has 0 aromatic carbocycles. The second-order valence-corrected chi connectivity index (χ2v) is 8.26. The molecule has 0 saturated carbocycles. The number of carbonyl (C=O) groups excluding carboxylic acids is 1. The van der Waals surface area contributed by atoms with Crippen molar-refractivity contribution in [1.82, 2.24) is 15.0 Å².